The van der Waals surface area contributed by atoms with Crippen LogP contribution in [0, 0.1) is 0 Å². The molecule has 2 atom stereocenters. The molecule has 0 bridgehead atoms. The third kappa shape index (κ3) is 6.88. The molecule has 2 unspecified atom stereocenters. The molecule has 0 aromatic heterocycles. The van der Waals surface area contributed by atoms with E-state index in [0.29, 0.717) is 6.42 Å². The molecule has 0 saturated carbocycles. The highest BCUT2D eigenvalue weighted by atomic mass is 16.6. The van der Waals surface area contributed by atoms with Crippen molar-refractivity contribution in [1.29, 1.82) is 0 Å². The fourth-order valence-corrected chi connectivity index (χ4v) is 2.39. The summed E-state index contributed by atoms with van der Waals surface area (Å²) in [5, 5.41) is 9.72. The second kappa shape index (κ2) is 8.49. The van der Waals surface area contributed by atoms with Crippen LogP contribution in [0.4, 0.5) is 0 Å². The van der Waals surface area contributed by atoms with Gasteiger partial charge in [-0.05, 0) is 25.5 Å². The minimum absolute atomic E-state index is 0.0190. The number of ketones is 1. The number of rotatable bonds is 9. The predicted molar refractivity (Wildman–Crippen MR) is 76.9 cm³/mol. The highest BCUT2D eigenvalue weighted by Crippen LogP contribution is 2.21. The fourth-order valence-electron chi connectivity index (χ4n) is 2.39. The number of ether oxygens (including phenoxy) is 1. The minimum Gasteiger partial charge on any atom is -0.362 e. The van der Waals surface area contributed by atoms with Crippen molar-refractivity contribution in [2.24, 2.45) is 0 Å². The van der Waals surface area contributed by atoms with Gasteiger partial charge in [0.1, 0.15) is 6.10 Å². The zero-order valence-corrected chi connectivity index (χ0v) is 12.4. The van der Waals surface area contributed by atoms with Gasteiger partial charge in [0, 0.05) is 0 Å². The quantitative estimate of drug-likeness (QED) is 0.648. The Morgan fingerprint density at radius 2 is 1.74 bits per heavy atom. The molecule has 0 radical (unpaired) electrons. The van der Waals surface area contributed by atoms with E-state index in [1.54, 1.807) is 6.92 Å². The summed E-state index contributed by atoms with van der Waals surface area (Å²) in [5.41, 5.74) is 0. The van der Waals surface area contributed by atoms with Crippen LogP contribution in [0.15, 0.2) is 12.2 Å². The van der Waals surface area contributed by atoms with Gasteiger partial charge in [-0.2, -0.15) is 0 Å². The maximum Gasteiger partial charge on any atom is 0.184 e. The highest BCUT2D eigenvalue weighted by Gasteiger charge is 2.30. The van der Waals surface area contributed by atoms with Crippen LogP contribution in [0.2, 0.25) is 0 Å². The Bertz CT molecular complexity index is 294. The van der Waals surface area contributed by atoms with Crippen molar-refractivity contribution in [2.45, 2.75) is 83.5 Å². The number of hydrogen-bond acceptors (Lipinski definition) is 3. The molecular formula is C16H28O3. The van der Waals surface area contributed by atoms with E-state index in [9.17, 15) is 9.90 Å². The number of aliphatic hydroxyl groups is 1. The van der Waals surface area contributed by atoms with Gasteiger partial charge in [-0.3, -0.25) is 4.79 Å². The second-order valence-electron chi connectivity index (χ2n) is 5.66. The summed E-state index contributed by atoms with van der Waals surface area (Å²) in [7, 11) is 0. The second-order valence-corrected chi connectivity index (χ2v) is 5.66. The average Bonchev–Trinajstić information content (AvgIpc) is 2.36. The molecule has 1 rings (SSSR count). The SMILES string of the molecule is CCCCCCCCCCC1OC(C)(O)C=CC1=O. The van der Waals surface area contributed by atoms with Gasteiger partial charge in [-0.1, -0.05) is 58.3 Å². The molecule has 3 heteroatoms. The molecule has 0 saturated heterocycles. The average molecular weight is 268 g/mol. The van der Waals surface area contributed by atoms with Crippen LogP contribution in [-0.4, -0.2) is 22.8 Å². The van der Waals surface area contributed by atoms with Crippen LogP contribution in [-0.2, 0) is 9.53 Å². The first-order chi connectivity index (χ1) is 9.05. The van der Waals surface area contributed by atoms with Crippen molar-refractivity contribution >= 4 is 5.78 Å². The molecule has 0 spiro atoms. The number of unbranched alkanes of at least 4 members (excludes halogenated alkanes) is 7. The Morgan fingerprint density at radius 1 is 1.16 bits per heavy atom. The lowest BCUT2D eigenvalue weighted by Gasteiger charge is -2.29. The largest absolute Gasteiger partial charge is 0.362 e. The maximum atomic E-state index is 11.6. The van der Waals surface area contributed by atoms with Crippen molar-refractivity contribution in [2.75, 3.05) is 0 Å². The molecule has 0 aromatic carbocycles. The summed E-state index contributed by atoms with van der Waals surface area (Å²) >= 11 is 0. The molecule has 1 aliphatic rings. The molecule has 0 aromatic rings. The van der Waals surface area contributed by atoms with Gasteiger partial charge in [0.15, 0.2) is 11.6 Å². The van der Waals surface area contributed by atoms with E-state index < -0.39 is 11.9 Å². The highest BCUT2D eigenvalue weighted by molar-refractivity contribution is 5.94. The smallest absolute Gasteiger partial charge is 0.184 e. The summed E-state index contributed by atoms with van der Waals surface area (Å²) in [6.07, 6.45) is 13.1. The molecule has 0 amide bonds. The Hall–Kier alpha value is -0.670. The molecule has 1 N–H and O–H groups in total. The zero-order valence-electron chi connectivity index (χ0n) is 12.4. The summed E-state index contributed by atoms with van der Waals surface area (Å²) in [6.45, 7) is 3.79. The lowest BCUT2D eigenvalue weighted by Crippen LogP contribution is -2.39. The third-order valence-electron chi connectivity index (χ3n) is 3.57. The van der Waals surface area contributed by atoms with Crippen molar-refractivity contribution in [1.82, 2.24) is 0 Å². The summed E-state index contributed by atoms with van der Waals surface area (Å²) in [5.74, 6) is -1.30. The first-order valence-corrected chi connectivity index (χ1v) is 7.68. The molecular weight excluding hydrogens is 240 g/mol. The Kier molecular flexibility index (Phi) is 7.32. The van der Waals surface area contributed by atoms with Gasteiger partial charge in [0.05, 0.1) is 0 Å². The Morgan fingerprint density at radius 3 is 2.37 bits per heavy atom. The minimum atomic E-state index is -1.28. The zero-order chi connectivity index (χ0) is 14.1. The van der Waals surface area contributed by atoms with Crippen molar-refractivity contribution < 1.29 is 14.6 Å². The maximum absolute atomic E-state index is 11.6. The monoisotopic (exact) mass is 268 g/mol. The van der Waals surface area contributed by atoms with Crippen LogP contribution in [0.3, 0.4) is 0 Å². The predicted octanol–water partition coefficient (Wildman–Crippen LogP) is 3.75. The lowest BCUT2D eigenvalue weighted by atomic mass is 10.0. The Labute approximate surface area is 117 Å². The van der Waals surface area contributed by atoms with Crippen molar-refractivity contribution in [3.63, 3.8) is 0 Å². The molecule has 1 aliphatic heterocycles. The van der Waals surface area contributed by atoms with E-state index in [4.69, 9.17) is 4.74 Å². The third-order valence-corrected chi connectivity index (χ3v) is 3.57. The van der Waals surface area contributed by atoms with Crippen LogP contribution in [0.25, 0.3) is 0 Å². The summed E-state index contributed by atoms with van der Waals surface area (Å²) < 4.78 is 5.36. The van der Waals surface area contributed by atoms with E-state index in [0.717, 1.165) is 12.8 Å². The van der Waals surface area contributed by atoms with Gasteiger partial charge < -0.3 is 9.84 Å². The van der Waals surface area contributed by atoms with Gasteiger partial charge in [-0.15, -0.1) is 0 Å². The summed E-state index contributed by atoms with van der Waals surface area (Å²) in [6, 6.07) is 0. The van der Waals surface area contributed by atoms with Gasteiger partial charge in [0.25, 0.3) is 0 Å². The first kappa shape index (κ1) is 16.4. The van der Waals surface area contributed by atoms with E-state index in [1.165, 1.54) is 50.7 Å². The normalized spacial score (nSPS) is 26.9. The lowest BCUT2D eigenvalue weighted by molar-refractivity contribution is -0.193. The van der Waals surface area contributed by atoms with E-state index in [2.05, 4.69) is 6.92 Å². The van der Waals surface area contributed by atoms with Crippen molar-refractivity contribution in [3.05, 3.63) is 12.2 Å². The molecule has 1 heterocycles. The molecule has 0 fully saturated rings. The molecule has 3 nitrogen and oxygen atoms in total. The van der Waals surface area contributed by atoms with E-state index in [-0.39, 0.29) is 5.78 Å². The Balaban J connectivity index is 2.06. The van der Waals surface area contributed by atoms with Crippen LogP contribution >= 0.6 is 0 Å². The number of hydrogen-bond donors (Lipinski definition) is 1. The molecule has 19 heavy (non-hydrogen) atoms. The fraction of sp³-hybridized carbons (Fsp3) is 0.812. The van der Waals surface area contributed by atoms with Crippen molar-refractivity contribution in [3.8, 4) is 0 Å². The first-order valence-electron chi connectivity index (χ1n) is 7.68. The number of carbonyl (C=O) groups excluding carboxylic acids is 1. The topological polar surface area (TPSA) is 46.5 Å². The molecule has 0 aliphatic carbocycles. The van der Waals surface area contributed by atoms with Gasteiger partial charge in [-0.25, -0.2) is 0 Å². The van der Waals surface area contributed by atoms with Crippen LogP contribution < -0.4 is 0 Å². The molecule has 110 valence electrons. The van der Waals surface area contributed by atoms with Gasteiger partial charge in [0.2, 0.25) is 0 Å². The standard InChI is InChI=1S/C16H28O3/c1-3-4-5-6-7-8-9-10-11-15-14(17)12-13-16(2,18)19-15/h12-13,15,18H,3-11H2,1-2H3. The van der Waals surface area contributed by atoms with Gasteiger partial charge >= 0.3 is 0 Å². The summed E-state index contributed by atoms with van der Waals surface area (Å²) in [4.78, 5) is 11.6. The van der Waals surface area contributed by atoms with Crippen LogP contribution in [0.5, 0.6) is 0 Å². The van der Waals surface area contributed by atoms with Crippen LogP contribution in [0.1, 0.15) is 71.6 Å². The van der Waals surface area contributed by atoms with E-state index >= 15 is 0 Å². The number of carbonyl (C=O) groups is 1. The van der Waals surface area contributed by atoms with E-state index in [1.807, 2.05) is 0 Å².